The Labute approximate surface area is 207 Å². The topological polar surface area (TPSA) is 101 Å². The number of ketones is 1. The summed E-state index contributed by atoms with van der Waals surface area (Å²) in [4.78, 5) is 50.3. The van der Waals surface area contributed by atoms with E-state index in [0.29, 0.717) is 5.01 Å². The van der Waals surface area contributed by atoms with E-state index < -0.39 is 23.6 Å². The third kappa shape index (κ3) is 4.36. The molecule has 2 aromatic heterocycles. The minimum atomic E-state index is -0.717. The van der Waals surface area contributed by atoms with Gasteiger partial charge in [-0.05, 0) is 42.9 Å². The molecule has 3 fully saturated rings. The fourth-order valence-corrected chi connectivity index (χ4v) is 6.39. The Kier molecular flexibility index (Phi) is 6.68. The Balaban J connectivity index is 1.35. The van der Waals surface area contributed by atoms with Crippen LogP contribution in [0.2, 0.25) is 0 Å². The van der Waals surface area contributed by atoms with Gasteiger partial charge in [0.2, 0.25) is 5.91 Å². The lowest BCUT2D eigenvalue weighted by Crippen LogP contribution is -2.54. The first-order valence-electron chi connectivity index (χ1n) is 11.8. The van der Waals surface area contributed by atoms with Crippen molar-refractivity contribution in [3.05, 3.63) is 35.2 Å². The number of nitrogens with zero attached hydrogens (tertiary/aromatic N) is 3. The first-order chi connectivity index (χ1) is 16.5. The van der Waals surface area contributed by atoms with E-state index in [9.17, 15) is 14.4 Å². The molecule has 34 heavy (non-hydrogen) atoms. The number of thiazole rings is 1. The molecule has 4 atom stereocenters. The van der Waals surface area contributed by atoms with Crippen molar-refractivity contribution in [1.29, 1.82) is 0 Å². The van der Waals surface area contributed by atoms with Crippen molar-refractivity contribution < 1.29 is 19.1 Å². The van der Waals surface area contributed by atoms with Gasteiger partial charge in [0.15, 0.2) is 10.8 Å². The largest absolute Gasteiger partial charge is 0.366 e. The lowest BCUT2D eigenvalue weighted by molar-refractivity contribution is -0.139. The summed E-state index contributed by atoms with van der Waals surface area (Å²) in [5.41, 5.74) is 1.93. The third-order valence-corrected chi connectivity index (χ3v) is 8.42. The number of carbonyl (C=O) groups excluding carboxylic acids is 3. The summed E-state index contributed by atoms with van der Waals surface area (Å²) in [7, 11) is 0. The lowest BCUT2D eigenvalue weighted by Gasteiger charge is -2.30. The van der Waals surface area contributed by atoms with E-state index in [4.69, 9.17) is 16.3 Å². The molecule has 10 heteroatoms. The van der Waals surface area contributed by atoms with E-state index in [-0.39, 0.29) is 36.7 Å². The molecule has 1 N–H and O–H groups in total. The van der Waals surface area contributed by atoms with Crippen LogP contribution in [0, 0.1) is 5.92 Å². The van der Waals surface area contributed by atoms with Gasteiger partial charge in [-0.25, -0.2) is 4.98 Å². The van der Waals surface area contributed by atoms with E-state index in [1.807, 2.05) is 19.1 Å². The van der Waals surface area contributed by atoms with E-state index in [2.05, 4.69) is 15.3 Å². The zero-order valence-corrected chi connectivity index (χ0v) is 20.5. The highest BCUT2D eigenvalue weighted by atomic mass is 35.5. The minimum Gasteiger partial charge on any atom is -0.366 e. The molecule has 2 saturated heterocycles. The molecule has 8 nitrogen and oxygen atoms in total. The normalized spacial score (nSPS) is 25.5. The molecule has 0 spiro atoms. The number of hydrogen-bond donors (Lipinski definition) is 1. The van der Waals surface area contributed by atoms with Crippen LogP contribution in [0.15, 0.2) is 24.5 Å². The van der Waals surface area contributed by atoms with Gasteiger partial charge < -0.3 is 15.0 Å². The maximum atomic E-state index is 13.7. The van der Waals surface area contributed by atoms with E-state index in [1.165, 1.54) is 16.2 Å². The number of amides is 2. The Bertz CT molecular complexity index is 1100. The molecule has 2 aliphatic heterocycles. The number of alkyl halides is 1. The number of pyridine rings is 1. The highest BCUT2D eigenvalue weighted by molar-refractivity contribution is 7.17. The quantitative estimate of drug-likeness (QED) is 0.609. The molecule has 0 radical (unpaired) electrons. The number of carbonyl (C=O) groups is 3. The van der Waals surface area contributed by atoms with Crippen molar-refractivity contribution in [2.45, 2.75) is 62.6 Å². The number of Topliss-reactive ketones (excluding diaryl/α,β-unsaturated/α-hetero) is 1. The standard InChI is InChI=1S/C24H27ClN4O4S/c1-2-15-9-14(7-8-26-15)18-10-27-23(34-18)22(31)28-19(13-5-3-4-6-13)24(32)29-11-16(25)21-20(29)17(30)12-33-21/h7-10,13,16,19-21H,2-6,11-12H2,1H3,(H,28,31)/t16-,19-,20+,21+/m0/s1. The molecular weight excluding hydrogens is 476 g/mol. The average molecular weight is 503 g/mol. The molecule has 0 unspecified atom stereocenters. The number of nitrogens with one attached hydrogen (secondary N) is 1. The monoisotopic (exact) mass is 502 g/mol. The minimum absolute atomic E-state index is 0.0217. The van der Waals surface area contributed by atoms with Crippen LogP contribution in [0.25, 0.3) is 10.4 Å². The molecule has 3 aliphatic rings. The van der Waals surface area contributed by atoms with Gasteiger partial charge in [0, 0.05) is 24.6 Å². The van der Waals surface area contributed by atoms with Crippen molar-refractivity contribution in [2.75, 3.05) is 13.2 Å². The number of aromatic nitrogens is 2. The first-order valence-corrected chi connectivity index (χ1v) is 13.0. The first kappa shape index (κ1) is 23.4. The van der Waals surface area contributed by atoms with Crippen LogP contribution >= 0.6 is 22.9 Å². The molecular formula is C24H27ClN4O4S. The second-order valence-corrected chi connectivity index (χ2v) is 10.7. The fraction of sp³-hybridized carbons (Fsp3) is 0.542. The summed E-state index contributed by atoms with van der Waals surface area (Å²) in [5, 5.41) is 2.83. The molecule has 1 aliphatic carbocycles. The van der Waals surface area contributed by atoms with Gasteiger partial charge >= 0.3 is 0 Å². The van der Waals surface area contributed by atoms with E-state index >= 15 is 0 Å². The summed E-state index contributed by atoms with van der Waals surface area (Å²) < 4.78 is 5.52. The van der Waals surface area contributed by atoms with Crippen LogP contribution in [0.4, 0.5) is 0 Å². The van der Waals surface area contributed by atoms with Gasteiger partial charge in [0.1, 0.15) is 24.8 Å². The Morgan fingerprint density at radius 2 is 2.12 bits per heavy atom. The third-order valence-electron chi connectivity index (χ3n) is 6.99. The number of fused-ring (bicyclic) bond motifs is 1. The molecule has 0 aromatic carbocycles. The maximum Gasteiger partial charge on any atom is 0.280 e. The van der Waals surface area contributed by atoms with Crippen LogP contribution in [0.5, 0.6) is 0 Å². The van der Waals surface area contributed by atoms with Gasteiger partial charge in [-0.15, -0.1) is 22.9 Å². The predicted octanol–water partition coefficient (Wildman–Crippen LogP) is 2.84. The van der Waals surface area contributed by atoms with Crippen LogP contribution < -0.4 is 5.32 Å². The molecule has 2 amide bonds. The second kappa shape index (κ2) is 9.71. The number of aryl methyl sites for hydroxylation is 1. The zero-order valence-electron chi connectivity index (χ0n) is 18.9. The van der Waals surface area contributed by atoms with Crippen molar-refractivity contribution in [2.24, 2.45) is 5.92 Å². The molecule has 5 rings (SSSR count). The van der Waals surface area contributed by atoms with Gasteiger partial charge in [-0.3, -0.25) is 19.4 Å². The fourth-order valence-electron chi connectivity index (χ4n) is 5.21. The molecule has 4 heterocycles. The Hall–Kier alpha value is -2.36. The van der Waals surface area contributed by atoms with Crippen molar-refractivity contribution in [3.8, 4) is 10.4 Å². The number of ether oxygens (including phenoxy) is 1. The summed E-state index contributed by atoms with van der Waals surface area (Å²) in [6.07, 6.45) is 7.51. The molecule has 2 aromatic rings. The predicted molar refractivity (Wildman–Crippen MR) is 128 cm³/mol. The second-order valence-electron chi connectivity index (χ2n) is 9.11. The number of hydrogen-bond acceptors (Lipinski definition) is 7. The van der Waals surface area contributed by atoms with Gasteiger partial charge in [0.25, 0.3) is 5.91 Å². The van der Waals surface area contributed by atoms with Crippen LogP contribution in [-0.2, 0) is 20.7 Å². The summed E-state index contributed by atoms with van der Waals surface area (Å²) in [5.74, 6) is -0.742. The van der Waals surface area contributed by atoms with Gasteiger partial charge in [-0.2, -0.15) is 0 Å². The zero-order chi connectivity index (χ0) is 23.8. The molecule has 0 bridgehead atoms. The summed E-state index contributed by atoms with van der Waals surface area (Å²) in [6.45, 7) is 2.25. The van der Waals surface area contributed by atoms with Gasteiger partial charge in [-0.1, -0.05) is 19.8 Å². The van der Waals surface area contributed by atoms with E-state index in [1.54, 1.807) is 12.4 Å². The number of rotatable bonds is 6. The highest BCUT2D eigenvalue weighted by Crippen LogP contribution is 2.35. The van der Waals surface area contributed by atoms with Crippen molar-refractivity contribution in [1.82, 2.24) is 20.2 Å². The lowest BCUT2D eigenvalue weighted by atomic mass is 9.96. The Morgan fingerprint density at radius 1 is 1.32 bits per heavy atom. The maximum absolute atomic E-state index is 13.7. The average Bonchev–Trinajstić information content (AvgIpc) is 3.64. The van der Waals surface area contributed by atoms with Crippen LogP contribution in [0.1, 0.15) is 48.1 Å². The molecule has 180 valence electrons. The van der Waals surface area contributed by atoms with Crippen LogP contribution in [0.3, 0.4) is 0 Å². The van der Waals surface area contributed by atoms with Crippen molar-refractivity contribution in [3.63, 3.8) is 0 Å². The Morgan fingerprint density at radius 3 is 2.88 bits per heavy atom. The SMILES string of the molecule is CCc1cc(-c2cnc(C(=O)N[C@H](C(=O)N3C[C@H](Cl)[C@H]4OCC(=O)[C@H]43)C3CCCC3)s2)ccn1. The number of likely N-dealkylation sites (tertiary alicyclic amines) is 1. The highest BCUT2D eigenvalue weighted by Gasteiger charge is 2.53. The summed E-state index contributed by atoms with van der Waals surface area (Å²) in [6, 6.07) is 2.51. The smallest absolute Gasteiger partial charge is 0.280 e. The summed E-state index contributed by atoms with van der Waals surface area (Å²) >= 11 is 7.68. The number of halogens is 1. The van der Waals surface area contributed by atoms with Crippen molar-refractivity contribution >= 4 is 40.5 Å². The molecule has 1 saturated carbocycles. The van der Waals surface area contributed by atoms with E-state index in [0.717, 1.165) is 48.2 Å². The van der Waals surface area contributed by atoms with Gasteiger partial charge in [0.05, 0.1) is 10.3 Å². The van der Waals surface area contributed by atoms with Crippen LogP contribution in [-0.4, -0.2) is 69.2 Å².